The molecule has 1 heterocycles. The number of hydrogen-bond acceptors (Lipinski definition) is 5. The summed E-state index contributed by atoms with van der Waals surface area (Å²) in [6, 6.07) is 5.62. The van der Waals surface area contributed by atoms with Gasteiger partial charge in [0.2, 0.25) is 0 Å². The third kappa shape index (κ3) is 2.90. The van der Waals surface area contributed by atoms with Gasteiger partial charge in [0.25, 0.3) is 0 Å². The molecule has 20 heavy (non-hydrogen) atoms. The first-order valence-electron chi connectivity index (χ1n) is 5.89. The molecule has 0 bridgehead atoms. The summed E-state index contributed by atoms with van der Waals surface area (Å²) >= 11 is 0. The second-order valence-electron chi connectivity index (χ2n) is 3.96. The number of nitrogen functional groups attached to an aromatic ring is 1. The topological polar surface area (TPSA) is 66.6 Å². The fourth-order valence-corrected chi connectivity index (χ4v) is 1.73. The van der Waals surface area contributed by atoms with Crippen molar-refractivity contribution in [2.45, 2.75) is 6.61 Å². The molecular formula is C14H15FN2O3. The molecule has 0 saturated heterocycles. The predicted molar refractivity (Wildman–Crippen MR) is 72.5 cm³/mol. The quantitative estimate of drug-likeness (QED) is 0.851. The first kappa shape index (κ1) is 13.9. The molecule has 1 aromatic carbocycles. The molecule has 0 aliphatic rings. The van der Waals surface area contributed by atoms with E-state index in [9.17, 15) is 4.39 Å². The maximum atomic E-state index is 13.1. The zero-order valence-electron chi connectivity index (χ0n) is 11.2. The Labute approximate surface area is 116 Å². The fraction of sp³-hybridized carbons (Fsp3) is 0.214. The molecule has 0 atom stereocenters. The number of ether oxygens (including phenoxy) is 3. The lowest BCUT2D eigenvalue weighted by atomic mass is 10.3. The van der Waals surface area contributed by atoms with E-state index in [0.29, 0.717) is 22.9 Å². The number of methoxy groups -OCH3 is 2. The summed E-state index contributed by atoms with van der Waals surface area (Å²) in [6.07, 6.45) is 1.58. The van der Waals surface area contributed by atoms with Gasteiger partial charge < -0.3 is 19.9 Å². The Morgan fingerprint density at radius 2 is 1.95 bits per heavy atom. The Kier molecular flexibility index (Phi) is 4.24. The molecule has 2 rings (SSSR count). The summed E-state index contributed by atoms with van der Waals surface area (Å²) in [5, 5.41) is 0. The van der Waals surface area contributed by atoms with Gasteiger partial charge in [-0.3, -0.25) is 4.98 Å². The molecule has 0 aliphatic heterocycles. The van der Waals surface area contributed by atoms with Crippen molar-refractivity contribution in [2.75, 3.05) is 20.0 Å². The van der Waals surface area contributed by atoms with Gasteiger partial charge in [0.15, 0.2) is 11.5 Å². The van der Waals surface area contributed by atoms with Crippen molar-refractivity contribution in [2.24, 2.45) is 0 Å². The molecular weight excluding hydrogens is 263 g/mol. The van der Waals surface area contributed by atoms with E-state index < -0.39 is 5.82 Å². The van der Waals surface area contributed by atoms with Crippen LogP contribution in [0.4, 0.5) is 10.1 Å². The number of anilines is 1. The van der Waals surface area contributed by atoms with Gasteiger partial charge in [-0.05, 0) is 12.1 Å². The van der Waals surface area contributed by atoms with E-state index in [2.05, 4.69) is 4.98 Å². The van der Waals surface area contributed by atoms with E-state index in [4.69, 9.17) is 19.9 Å². The fourth-order valence-electron chi connectivity index (χ4n) is 1.73. The predicted octanol–water partition coefficient (Wildman–Crippen LogP) is 2.40. The molecule has 0 amide bonds. The highest BCUT2D eigenvalue weighted by molar-refractivity contribution is 5.52. The van der Waals surface area contributed by atoms with Crippen molar-refractivity contribution >= 4 is 5.69 Å². The van der Waals surface area contributed by atoms with E-state index in [0.717, 1.165) is 0 Å². The van der Waals surface area contributed by atoms with Crippen LogP contribution in [-0.2, 0) is 6.61 Å². The maximum Gasteiger partial charge on any atom is 0.185 e. The minimum absolute atomic E-state index is 0.0913. The summed E-state index contributed by atoms with van der Waals surface area (Å²) in [6.45, 7) is 0.0913. The zero-order chi connectivity index (χ0) is 14.5. The second-order valence-corrected chi connectivity index (χ2v) is 3.96. The lowest BCUT2D eigenvalue weighted by molar-refractivity contribution is 0.285. The van der Waals surface area contributed by atoms with Gasteiger partial charge in [-0.1, -0.05) is 0 Å². The Morgan fingerprint density at radius 3 is 2.65 bits per heavy atom. The van der Waals surface area contributed by atoms with Crippen molar-refractivity contribution in [1.82, 2.24) is 4.98 Å². The zero-order valence-corrected chi connectivity index (χ0v) is 11.2. The van der Waals surface area contributed by atoms with Crippen LogP contribution in [0.3, 0.4) is 0 Å². The Morgan fingerprint density at radius 1 is 1.15 bits per heavy atom. The highest BCUT2D eigenvalue weighted by Gasteiger charge is 2.12. The molecule has 106 valence electrons. The minimum Gasteiger partial charge on any atom is -0.493 e. The van der Waals surface area contributed by atoms with Gasteiger partial charge in [0.05, 0.1) is 19.9 Å². The van der Waals surface area contributed by atoms with Gasteiger partial charge in [-0.25, -0.2) is 4.39 Å². The average molecular weight is 278 g/mol. The van der Waals surface area contributed by atoms with Gasteiger partial charge in [0, 0.05) is 18.3 Å². The lowest BCUT2D eigenvalue weighted by Crippen LogP contribution is -2.04. The van der Waals surface area contributed by atoms with Crippen molar-refractivity contribution in [3.05, 3.63) is 42.0 Å². The Hall–Kier alpha value is -2.50. The first-order valence-corrected chi connectivity index (χ1v) is 5.89. The Balaban J connectivity index is 2.20. The van der Waals surface area contributed by atoms with Crippen LogP contribution in [0.1, 0.15) is 5.69 Å². The van der Waals surface area contributed by atoms with Crippen molar-refractivity contribution in [3.8, 4) is 17.2 Å². The Bertz CT molecular complexity index is 605. The van der Waals surface area contributed by atoms with Crippen molar-refractivity contribution in [3.63, 3.8) is 0 Å². The smallest absolute Gasteiger partial charge is 0.185 e. The van der Waals surface area contributed by atoms with Crippen LogP contribution >= 0.6 is 0 Å². The number of nitrogens with two attached hydrogens (primary N) is 1. The largest absolute Gasteiger partial charge is 0.493 e. The van der Waals surface area contributed by atoms with Crippen LogP contribution in [0.25, 0.3) is 0 Å². The van der Waals surface area contributed by atoms with Crippen LogP contribution in [-0.4, -0.2) is 19.2 Å². The molecule has 5 nitrogen and oxygen atoms in total. The first-order chi connectivity index (χ1) is 9.65. The SMILES string of the molecule is COc1ccnc(COc2cc(F)ccc2N)c1OC. The third-order valence-corrected chi connectivity index (χ3v) is 2.71. The number of aromatic nitrogens is 1. The standard InChI is InChI=1S/C14H15FN2O3/c1-18-12-5-6-17-11(14(12)19-2)8-20-13-7-9(15)3-4-10(13)16/h3-7H,8,16H2,1-2H3. The number of halogens is 1. The second kappa shape index (κ2) is 6.10. The van der Waals surface area contributed by atoms with Crippen molar-refractivity contribution < 1.29 is 18.6 Å². The lowest BCUT2D eigenvalue weighted by Gasteiger charge is -2.13. The molecule has 2 aromatic rings. The third-order valence-electron chi connectivity index (χ3n) is 2.71. The number of hydrogen-bond donors (Lipinski definition) is 1. The van der Waals surface area contributed by atoms with Gasteiger partial charge in [-0.2, -0.15) is 0 Å². The molecule has 0 aliphatic carbocycles. The highest BCUT2D eigenvalue weighted by Crippen LogP contribution is 2.30. The number of rotatable bonds is 5. The van der Waals surface area contributed by atoms with Gasteiger partial charge in [-0.15, -0.1) is 0 Å². The summed E-state index contributed by atoms with van der Waals surface area (Å²) in [4.78, 5) is 4.16. The molecule has 1 aromatic heterocycles. The van der Waals surface area contributed by atoms with Crippen LogP contribution in [0, 0.1) is 5.82 Å². The van der Waals surface area contributed by atoms with Crippen molar-refractivity contribution in [1.29, 1.82) is 0 Å². The van der Waals surface area contributed by atoms with Crippen LogP contribution in [0.5, 0.6) is 17.2 Å². The normalized spacial score (nSPS) is 10.2. The summed E-state index contributed by atoms with van der Waals surface area (Å²) in [5.41, 5.74) is 6.60. The summed E-state index contributed by atoms with van der Waals surface area (Å²) < 4.78 is 29.0. The van der Waals surface area contributed by atoms with Gasteiger partial charge >= 0.3 is 0 Å². The summed E-state index contributed by atoms with van der Waals surface area (Å²) in [5.74, 6) is 0.870. The average Bonchev–Trinajstić information content (AvgIpc) is 2.47. The summed E-state index contributed by atoms with van der Waals surface area (Å²) in [7, 11) is 3.05. The van der Waals surface area contributed by atoms with Crippen LogP contribution < -0.4 is 19.9 Å². The number of benzene rings is 1. The maximum absolute atomic E-state index is 13.1. The molecule has 6 heteroatoms. The number of nitrogens with zero attached hydrogens (tertiary/aromatic N) is 1. The molecule has 0 spiro atoms. The van der Waals surface area contributed by atoms with E-state index in [1.807, 2.05) is 0 Å². The van der Waals surface area contributed by atoms with Crippen LogP contribution in [0.2, 0.25) is 0 Å². The molecule has 0 radical (unpaired) electrons. The monoisotopic (exact) mass is 278 g/mol. The van der Waals surface area contributed by atoms with Gasteiger partial charge in [0.1, 0.15) is 23.9 Å². The van der Waals surface area contributed by atoms with E-state index in [1.54, 1.807) is 12.3 Å². The molecule has 0 unspecified atom stereocenters. The minimum atomic E-state index is -0.417. The molecule has 0 saturated carbocycles. The molecule has 0 fully saturated rings. The van der Waals surface area contributed by atoms with Crippen LogP contribution in [0.15, 0.2) is 30.5 Å². The van der Waals surface area contributed by atoms with E-state index in [1.165, 1.54) is 32.4 Å². The molecule has 2 N–H and O–H groups in total. The van der Waals surface area contributed by atoms with E-state index >= 15 is 0 Å². The number of pyridine rings is 1. The van der Waals surface area contributed by atoms with E-state index in [-0.39, 0.29) is 12.4 Å². The highest BCUT2D eigenvalue weighted by atomic mass is 19.1.